The van der Waals surface area contributed by atoms with Gasteiger partial charge in [-0.25, -0.2) is 0 Å². The number of anilines is 4. The van der Waals surface area contributed by atoms with Gasteiger partial charge in [0.25, 0.3) is 0 Å². The number of para-hydroxylation sites is 5. The zero-order chi connectivity index (χ0) is 29.8. The van der Waals surface area contributed by atoms with Crippen LogP contribution in [0.25, 0.3) is 38.1 Å². The maximum atomic E-state index is 10.0. The van der Waals surface area contributed by atoms with Crippen LogP contribution in [-0.2, 0) is 24.9 Å². The summed E-state index contributed by atoms with van der Waals surface area (Å²) >= 11 is 0. The minimum atomic E-state index is -0.125. The Morgan fingerprint density at radius 1 is 0.750 bits per heavy atom. The van der Waals surface area contributed by atoms with Crippen molar-refractivity contribution in [2.75, 3.05) is 9.80 Å². The summed E-state index contributed by atoms with van der Waals surface area (Å²) in [6, 6.07) is 38.6. The zero-order valence-corrected chi connectivity index (χ0v) is 27.3. The molecule has 5 aromatic carbocycles. The molecular weight excluding hydrogens is 723 g/mol. The number of aliphatic hydroxyl groups is 1. The van der Waals surface area contributed by atoms with Crippen LogP contribution in [0.3, 0.4) is 0 Å². The van der Waals surface area contributed by atoms with E-state index in [4.69, 9.17) is 5.11 Å². The van der Waals surface area contributed by atoms with Crippen LogP contribution < -0.4 is 9.80 Å². The molecule has 1 aliphatic heterocycles. The summed E-state index contributed by atoms with van der Waals surface area (Å²) in [4.78, 5) is 14.6. The van der Waals surface area contributed by atoms with E-state index in [0.717, 1.165) is 11.4 Å². The number of nitrogens with zero attached hydrogens (tertiary/aromatic N) is 3. The standard InChI is InChI=1S/C33H23N3.C5H8O2.Ir/c1-21-9-7-10-22(2)32(21)35-20-34(30-15-5-6-16-31(30)35)23-17-18-29-27(19-23)26-13-8-12-25-24-11-3-4-14-28(24)36(29)33(25)26;1-4(6)3-5(2)7;/h3-16,18-20H,1-2H3;3,6H,1-2H3;/q-2;;/b;4-3-;. The first-order valence-electron chi connectivity index (χ1n) is 14.4. The van der Waals surface area contributed by atoms with E-state index >= 15 is 0 Å². The van der Waals surface area contributed by atoms with Crippen LogP contribution in [0.15, 0.2) is 109 Å². The van der Waals surface area contributed by atoms with Crippen molar-refractivity contribution in [3.63, 3.8) is 0 Å². The van der Waals surface area contributed by atoms with Crippen molar-refractivity contribution < 1.29 is 30.0 Å². The monoisotopic (exact) mass is 754 g/mol. The number of aromatic nitrogens is 1. The maximum absolute atomic E-state index is 10.0. The third-order valence-electron chi connectivity index (χ3n) is 8.12. The van der Waals surface area contributed by atoms with Gasteiger partial charge >= 0.3 is 0 Å². The number of hydrogen-bond acceptors (Lipinski definition) is 4. The number of aryl methyl sites for hydroxylation is 2. The summed E-state index contributed by atoms with van der Waals surface area (Å²) in [6.07, 6.45) is 1.17. The van der Waals surface area contributed by atoms with Crippen molar-refractivity contribution in [3.05, 3.63) is 133 Å². The second-order valence-corrected chi connectivity index (χ2v) is 11.2. The second-order valence-electron chi connectivity index (χ2n) is 11.2. The van der Waals surface area contributed by atoms with Crippen LogP contribution in [0.5, 0.6) is 0 Å². The number of benzene rings is 5. The van der Waals surface area contributed by atoms with Gasteiger partial charge in [-0.05, 0) is 62.4 Å². The van der Waals surface area contributed by atoms with Crippen LogP contribution in [-0.4, -0.2) is 15.3 Å². The molecule has 3 heterocycles. The van der Waals surface area contributed by atoms with E-state index in [1.54, 1.807) is 0 Å². The summed E-state index contributed by atoms with van der Waals surface area (Å²) in [5.41, 5.74) is 10.9. The van der Waals surface area contributed by atoms with Crippen molar-refractivity contribution in [2.24, 2.45) is 0 Å². The molecule has 0 amide bonds. The summed E-state index contributed by atoms with van der Waals surface area (Å²) in [6.45, 7) is 9.43. The average molecular weight is 754 g/mol. The summed E-state index contributed by atoms with van der Waals surface area (Å²) < 4.78 is 2.40. The first-order valence-corrected chi connectivity index (χ1v) is 14.4. The molecule has 0 saturated heterocycles. The summed E-state index contributed by atoms with van der Waals surface area (Å²) in [5.74, 6) is -0.0625. The van der Waals surface area contributed by atoms with Gasteiger partial charge < -0.3 is 19.3 Å². The molecule has 0 bridgehead atoms. The predicted octanol–water partition coefficient (Wildman–Crippen LogP) is 9.70. The molecule has 0 fully saturated rings. The number of allylic oxidation sites excluding steroid dienone is 2. The third-order valence-corrected chi connectivity index (χ3v) is 8.12. The fourth-order valence-corrected chi connectivity index (χ4v) is 6.46. The normalized spacial score (nSPS) is 13.0. The molecular formula is C38H31IrN3O2-2. The summed E-state index contributed by atoms with van der Waals surface area (Å²) in [5, 5.41) is 13.5. The molecule has 0 saturated carbocycles. The molecule has 221 valence electrons. The van der Waals surface area contributed by atoms with Gasteiger partial charge in [0.2, 0.25) is 0 Å². The Kier molecular flexibility index (Phi) is 7.66. The predicted molar refractivity (Wildman–Crippen MR) is 178 cm³/mol. The van der Waals surface area contributed by atoms with E-state index in [1.807, 2.05) is 0 Å². The molecule has 2 aromatic heterocycles. The SMILES string of the molecule is CC(=O)/C=C(/C)O.Cc1cccc(C)c1N1[CH-]N(c2[c-]cc3c(c2)c2cccc4c5ccccc5n3c24)c2ccccc21.[Ir]. The van der Waals surface area contributed by atoms with Crippen LogP contribution in [0.2, 0.25) is 0 Å². The van der Waals surface area contributed by atoms with E-state index in [1.165, 1.54) is 80.5 Å². The zero-order valence-electron chi connectivity index (χ0n) is 24.9. The molecule has 8 rings (SSSR count). The minimum absolute atomic E-state index is 0. The second kappa shape index (κ2) is 11.5. The number of carbonyl (C=O) groups is 1. The molecule has 1 aliphatic rings. The van der Waals surface area contributed by atoms with Gasteiger partial charge in [-0.2, -0.15) is 12.1 Å². The molecule has 0 aliphatic carbocycles. The number of fused-ring (bicyclic) bond motifs is 7. The average Bonchev–Trinajstić information content (AvgIpc) is 3.64. The Bertz CT molecular complexity index is 2190. The number of ketones is 1. The largest absolute Gasteiger partial charge is 0.512 e. The molecule has 5 nitrogen and oxygen atoms in total. The van der Waals surface area contributed by atoms with Crippen LogP contribution in [0.1, 0.15) is 25.0 Å². The molecule has 0 atom stereocenters. The topological polar surface area (TPSA) is 48.2 Å². The number of carbonyl (C=O) groups excluding carboxylic acids is 1. The van der Waals surface area contributed by atoms with Gasteiger partial charge in [-0.15, -0.1) is 23.8 Å². The van der Waals surface area contributed by atoms with Gasteiger partial charge in [-0.1, -0.05) is 72.2 Å². The van der Waals surface area contributed by atoms with Gasteiger partial charge in [-0.3, -0.25) is 4.79 Å². The van der Waals surface area contributed by atoms with Crippen LogP contribution in [0.4, 0.5) is 22.7 Å². The number of rotatable bonds is 3. The van der Waals surface area contributed by atoms with Crippen molar-refractivity contribution in [2.45, 2.75) is 27.7 Å². The van der Waals surface area contributed by atoms with Crippen molar-refractivity contribution in [3.8, 4) is 0 Å². The Balaban J connectivity index is 0.000000388. The first-order chi connectivity index (χ1) is 20.8. The number of aliphatic hydroxyl groups excluding tert-OH is 1. The van der Waals surface area contributed by atoms with Crippen molar-refractivity contribution >= 4 is 66.6 Å². The number of hydrogen-bond donors (Lipinski definition) is 1. The van der Waals surface area contributed by atoms with Crippen LogP contribution in [0, 0.1) is 26.6 Å². The first kappa shape index (κ1) is 29.4. The summed E-state index contributed by atoms with van der Waals surface area (Å²) in [7, 11) is 0. The van der Waals surface area contributed by atoms with Crippen molar-refractivity contribution in [1.82, 2.24) is 4.40 Å². The maximum Gasteiger partial charge on any atom is 0.155 e. The van der Waals surface area contributed by atoms with E-state index < -0.39 is 0 Å². The molecule has 1 radical (unpaired) electrons. The fraction of sp³-hybridized carbons (Fsp3) is 0.105. The molecule has 0 unspecified atom stereocenters. The Labute approximate surface area is 270 Å². The van der Waals surface area contributed by atoms with Gasteiger partial charge in [0.05, 0.1) is 5.76 Å². The smallest absolute Gasteiger partial charge is 0.155 e. The third kappa shape index (κ3) is 4.71. The van der Waals surface area contributed by atoms with Crippen molar-refractivity contribution in [1.29, 1.82) is 0 Å². The van der Waals surface area contributed by atoms with E-state index in [9.17, 15) is 4.79 Å². The van der Waals surface area contributed by atoms with Gasteiger partial charge in [0.1, 0.15) is 0 Å². The Morgan fingerprint density at radius 3 is 2.00 bits per heavy atom. The quantitative estimate of drug-likeness (QED) is 0.111. The minimum Gasteiger partial charge on any atom is -0.512 e. The molecule has 44 heavy (non-hydrogen) atoms. The fourth-order valence-electron chi connectivity index (χ4n) is 6.46. The Morgan fingerprint density at radius 2 is 1.34 bits per heavy atom. The van der Waals surface area contributed by atoms with Crippen LogP contribution >= 0.6 is 0 Å². The molecule has 1 N–H and O–H groups in total. The van der Waals surface area contributed by atoms with E-state index in [-0.39, 0.29) is 31.6 Å². The Hall–Kier alpha value is -4.64. The van der Waals surface area contributed by atoms with E-state index in [0.29, 0.717) is 0 Å². The van der Waals surface area contributed by atoms with Gasteiger partial charge in [0.15, 0.2) is 5.78 Å². The van der Waals surface area contributed by atoms with Gasteiger partial charge in [0, 0.05) is 65.0 Å². The molecule has 6 heteroatoms. The molecule has 7 aromatic rings. The van der Waals surface area contributed by atoms with E-state index in [2.05, 4.69) is 138 Å². The molecule has 0 spiro atoms.